The maximum atomic E-state index is 8.72. The van der Waals surface area contributed by atoms with Crippen LogP contribution in [0.15, 0.2) is 23.7 Å². The zero-order valence-electron chi connectivity index (χ0n) is 11.0. The molecule has 1 aliphatic heterocycles. The van der Waals surface area contributed by atoms with Crippen LogP contribution in [0.1, 0.15) is 30.1 Å². The summed E-state index contributed by atoms with van der Waals surface area (Å²) in [6.45, 7) is 2.13. The van der Waals surface area contributed by atoms with Crippen molar-refractivity contribution in [1.82, 2.24) is 15.3 Å². The van der Waals surface area contributed by atoms with E-state index in [1.807, 2.05) is 12.1 Å². The van der Waals surface area contributed by atoms with Crippen LogP contribution in [0.25, 0.3) is 0 Å². The number of thiazole rings is 1. The molecule has 0 saturated carbocycles. The normalized spacial score (nSPS) is 18.4. The predicted octanol–water partition coefficient (Wildman–Crippen LogP) is 2.62. The zero-order chi connectivity index (χ0) is 13.8. The molecule has 0 amide bonds. The minimum absolute atomic E-state index is 0.420. The van der Waals surface area contributed by atoms with E-state index in [1.165, 1.54) is 12.8 Å². The Kier molecular flexibility index (Phi) is 3.90. The Morgan fingerprint density at radius 2 is 2.40 bits per heavy atom. The molecule has 1 atom stereocenters. The quantitative estimate of drug-likeness (QED) is 0.907. The van der Waals surface area contributed by atoms with Gasteiger partial charge in [-0.15, -0.1) is 11.3 Å². The summed E-state index contributed by atoms with van der Waals surface area (Å²) in [4.78, 5) is 8.68. The van der Waals surface area contributed by atoms with Gasteiger partial charge in [-0.1, -0.05) is 0 Å². The Morgan fingerprint density at radius 1 is 1.45 bits per heavy atom. The van der Waals surface area contributed by atoms with Crippen LogP contribution in [0.5, 0.6) is 0 Å². The Balaban J connectivity index is 1.68. The number of nitrogens with one attached hydrogen (secondary N) is 2. The van der Waals surface area contributed by atoms with Crippen molar-refractivity contribution >= 4 is 22.2 Å². The lowest BCUT2D eigenvalue weighted by atomic mass is 9.97. The molecule has 2 aromatic heterocycles. The van der Waals surface area contributed by atoms with Gasteiger partial charge in [0.25, 0.3) is 0 Å². The van der Waals surface area contributed by atoms with Gasteiger partial charge in [0, 0.05) is 17.8 Å². The third-order valence-electron chi connectivity index (χ3n) is 3.37. The molecule has 5 nitrogen and oxygen atoms in total. The minimum Gasteiger partial charge on any atom is -0.330 e. The van der Waals surface area contributed by atoms with Gasteiger partial charge in [-0.3, -0.25) is 0 Å². The number of piperidine rings is 1. The van der Waals surface area contributed by atoms with Crippen molar-refractivity contribution in [3.05, 3.63) is 35.1 Å². The lowest BCUT2D eigenvalue weighted by Gasteiger charge is -2.20. The van der Waals surface area contributed by atoms with Crippen molar-refractivity contribution in [3.63, 3.8) is 0 Å². The molecular weight excluding hydrogens is 270 g/mol. The average molecular weight is 285 g/mol. The SMILES string of the molecule is N#Cc1ccc(Nc2nc([C@H]3CCCNC3)cs2)cn1. The van der Waals surface area contributed by atoms with E-state index in [0.717, 1.165) is 29.6 Å². The van der Waals surface area contributed by atoms with E-state index in [-0.39, 0.29) is 0 Å². The van der Waals surface area contributed by atoms with Gasteiger partial charge < -0.3 is 10.6 Å². The molecule has 6 heteroatoms. The Bertz CT molecular complexity index is 607. The molecule has 20 heavy (non-hydrogen) atoms. The molecule has 0 radical (unpaired) electrons. The molecule has 0 aliphatic carbocycles. The number of aromatic nitrogens is 2. The first-order chi connectivity index (χ1) is 9.85. The topological polar surface area (TPSA) is 73.6 Å². The lowest BCUT2D eigenvalue weighted by Crippen LogP contribution is -2.28. The summed E-state index contributed by atoms with van der Waals surface area (Å²) in [5, 5.41) is 18.3. The van der Waals surface area contributed by atoms with Crippen molar-refractivity contribution in [2.24, 2.45) is 0 Å². The highest BCUT2D eigenvalue weighted by atomic mass is 32.1. The summed E-state index contributed by atoms with van der Waals surface area (Å²) < 4.78 is 0. The molecule has 1 saturated heterocycles. The number of hydrogen-bond donors (Lipinski definition) is 2. The van der Waals surface area contributed by atoms with Crippen molar-refractivity contribution in [2.75, 3.05) is 18.4 Å². The van der Waals surface area contributed by atoms with E-state index in [4.69, 9.17) is 5.26 Å². The van der Waals surface area contributed by atoms with Gasteiger partial charge in [-0.05, 0) is 31.5 Å². The summed E-state index contributed by atoms with van der Waals surface area (Å²) >= 11 is 1.61. The molecule has 0 bridgehead atoms. The number of nitriles is 1. The maximum absolute atomic E-state index is 8.72. The van der Waals surface area contributed by atoms with Crippen molar-refractivity contribution in [2.45, 2.75) is 18.8 Å². The highest BCUT2D eigenvalue weighted by molar-refractivity contribution is 7.13. The zero-order valence-corrected chi connectivity index (χ0v) is 11.8. The van der Waals surface area contributed by atoms with Gasteiger partial charge in [-0.25, -0.2) is 9.97 Å². The summed E-state index contributed by atoms with van der Waals surface area (Å²) in [7, 11) is 0. The summed E-state index contributed by atoms with van der Waals surface area (Å²) in [5.74, 6) is 0.523. The molecule has 2 N–H and O–H groups in total. The first-order valence-electron chi connectivity index (χ1n) is 6.64. The van der Waals surface area contributed by atoms with Gasteiger partial charge >= 0.3 is 0 Å². The third-order valence-corrected chi connectivity index (χ3v) is 4.14. The Hall–Kier alpha value is -1.97. The van der Waals surface area contributed by atoms with E-state index in [2.05, 4.69) is 26.0 Å². The van der Waals surface area contributed by atoms with Crippen LogP contribution in [0.4, 0.5) is 10.8 Å². The van der Waals surface area contributed by atoms with E-state index in [0.29, 0.717) is 11.6 Å². The van der Waals surface area contributed by atoms with Crippen LogP contribution in [0, 0.1) is 11.3 Å². The number of anilines is 2. The van der Waals surface area contributed by atoms with E-state index in [1.54, 1.807) is 23.6 Å². The van der Waals surface area contributed by atoms with Crippen LogP contribution in [-0.2, 0) is 0 Å². The first-order valence-corrected chi connectivity index (χ1v) is 7.52. The molecular formula is C14H15N5S. The summed E-state index contributed by atoms with van der Waals surface area (Å²) in [5.41, 5.74) is 2.43. The largest absolute Gasteiger partial charge is 0.330 e. The number of rotatable bonds is 3. The van der Waals surface area contributed by atoms with Crippen LogP contribution >= 0.6 is 11.3 Å². The first kappa shape index (κ1) is 13.0. The predicted molar refractivity (Wildman–Crippen MR) is 79.2 cm³/mol. The van der Waals surface area contributed by atoms with Crippen molar-refractivity contribution in [3.8, 4) is 6.07 Å². The van der Waals surface area contributed by atoms with Crippen molar-refractivity contribution in [1.29, 1.82) is 5.26 Å². The standard InChI is InChI=1S/C14H15N5S/c15-6-11-3-4-12(8-17-11)18-14-19-13(9-20-14)10-2-1-5-16-7-10/h3-4,8-10,16H,1-2,5,7H2,(H,18,19)/t10-/m0/s1. The van der Waals surface area contributed by atoms with Crippen LogP contribution in [-0.4, -0.2) is 23.1 Å². The smallest absolute Gasteiger partial charge is 0.187 e. The Labute approximate surface area is 121 Å². The summed E-state index contributed by atoms with van der Waals surface area (Å²) in [6.07, 6.45) is 4.07. The molecule has 0 unspecified atom stereocenters. The van der Waals surface area contributed by atoms with E-state index >= 15 is 0 Å². The molecule has 1 aliphatic rings. The second kappa shape index (κ2) is 5.99. The second-order valence-electron chi connectivity index (χ2n) is 4.79. The molecule has 0 spiro atoms. The monoisotopic (exact) mass is 285 g/mol. The van der Waals surface area contributed by atoms with E-state index in [9.17, 15) is 0 Å². The summed E-state index contributed by atoms with van der Waals surface area (Å²) in [6, 6.07) is 5.54. The van der Waals surface area contributed by atoms with Gasteiger partial charge in [0.1, 0.15) is 11.8 Å². The van der Waals surface area contributed by atoms with Crippen LogP contribution < -0.4 is 10.6 Å². The highest BCUT2D eigenvalue weighted by Crippen LogP contribution is 2.28. The molecule has 102 valence electrons. The van der Waals surface area contributed by atoms with Gasteiger partial charge in [0.2, 0.25) is 0 Å². The average Bonchev–Trinajstić information content (AvgIpc) is 2.97. The fourth-order valence-electron chi connectivity index (χ4n) is 2.29. The number of pyridine rings is 1. The lowest BCUT2D eigenvalue weighted by molar-refractivity contribution is 0.456. The molecule has 1 fully saturated rings. The van der Waals surface area contributed by atoms with Crippen LogP contribution in [0.3, 0.4) is 0 Å². The fourth-order valence-corrected chi connectivity index (χ4v) is 3.11. The molecule has 3 heterocycles. The van der Waals surface area contributed by atoms with Gasteiger partial charge in [-0.2, -0.15) is 5.26 Å². The third kappa shape index (κ3) is 2.95. The minimum atomic E-state index is 0.420. The number of nitrogens with zero attached hydrogens (tertiary/aromatic N) is 3. The second-order valence-corrected chi connectivity index (χ2v) is 5.65. The molecule has 3 rings (SSSR count). The van der Waals surface area contributed by atoms with Gasteiger partial charge in [0.05, 0.1) is 17.6 Å². The molecule has 2 aromatic rings. The molecule has 0 aromatic carbocycles. The Morgan fingerprint density at radius 3 is 3.10 bits per heavy atom. The number of hydrogen-bond acceptors (Lipinski definition) is 6. The highest BCUT2D eigenvalue weighted by Gasteiger charge is 2.17. The maximum Gasteiger partial charge on any atom is 0.187 e. The van der Waals surface area contributed by atoms with E-state index < -0.39 is 0 Å². The van der Waals surface area contributed by atoms with Crippen molar-refractivity contribution < 1.29 is 0 Å². The van der Waals surface area contributed by atoms with Crippen LogP contribution in [0.2, 0.25) is 0 Å². The fraction of sp³-hybridized carbons (Fsp3) is 0.357. The van der Waals surface area contributed by atoms with Gasteiger partial charge in [0.15, 0.2) is 5.13 Å².